The zero-order valence-electron chi connectivity index (χ0n) is 17.2. The summed E-state index contributed by atoms with van der Waals surface area (Å²) in [6.45, 7) is 6.02. The van der Waals surface area contributed by atoms with Crippen LogP contribution >= 0.6 is 0 Å². The molecule has 1 saturated heterocycles. The van der Waals surface area contributed by atoms with Crippen LogP contribution in [0.3, 0.4) is 0 Å². The summed E-state index contributed by atoms with van der Waals surface area (Å²) in [5, 5.41) is 8.48. The Balaban J connectivity index is 1.72. The maximum atomic E-state index is 11.9. The van der Waals surface area contributed by atoms with Crippen LogP contribution in [0.2, 0.25) is 0 Å². The van der Waals surface area contributed by atoms with Crippen molar-refractivity contribution in [1.82, 2.24) is 24.4 Å². The first-order valence-electron chi connectivity index (χ1n) is 10.1. The number of likely N-dealkylation sites (tertiary alicyclic amines) is 1. The minimum atomic E-state index is 0.148. The predicted molar refractivity (Wildman–Crippen MR) is 114 cm³/mol. The normalized spacial score (nSPS) is 17.1. The number of hydrogen-bond acceptors (Lipinski definition) is 4. The molecule has 1 atom stereocenters. The van der Waals surface area contributed by atoms with E-state index in [1.165, 1.54) is 11.3 Å². The molecule has 2 aromatic heterocycles. The van der Waals surface area contributed by atoms with E-state index in [0.717, 1.165) is 43.2 Å². The number of aromatic nitrogens is 3. The molecule has 0 spiro atoms. The first-order chi connectivity index (χ1) is 14.0. The van der Waals surface area contributed by atoms with Crippen molar-refractivity contribution < 1.29 is 4.79 Å². The highest BCUT2D eigenvalue weighted by atomic mass is 16.2. The Kier molecular flexibility index (Phi) is 5.34. The van der Waals surface area contributed by atoms with Crippen LogP contribution in [-0.4, -0.2) is 50.4 Å². The summed E-state index contributed by atoms with van der Waals surface area (Å²) in [6, 6.07) is 16.6. The number of amides is 1. The fourth-order valence-electron chi connectivity index (χ4n) is 4.15. The Bertz CT molecular complexity index is 1040. The fourth-order valence-corrected chi connectivity index (χ4v) is 4.15. The van der Waals surface area contributed by atoms with E-state index in [-0.39, 0.29) is 5.91 Å². The molecule has 150 valence electrons. The molecule has 1 aliphatic rings. The number of aryl methyl sites for hydroxylation is 1. The molecule has 4 rings (SSSR count). The second-order valence-corrected chi connectivity index (χ2v) is 7.75. The molecule has 29 heavy (non-hydrogen) atoms. The Hall–Kier alpha value is -3.15. The standard InChI is InChI=1S/C23H27N5O/c1-17-24-25-23-11-7-10-21(28(17)23)14-22(20-12-13-27(16-20)18(2)29)26(3)15-19-8-5-4-6-9-19/h4-11,14,20H,12-13,15-16H2,1-3H3/b22-14-. The van der Waals surface area contributed by atoms with Crippen molar-refractivity contribution in [3.8, 4) is 0 Å². The predicted octanol–water partition coefficient (Wildman–Crippen LogP) is 3.38. The van der Waals surface area contributed by atoms with Gasteiger partial charge in [0.25, 0.3) is 0 Å². The second-order valence-electron chi connectivity index (χ2n) is 7.75. The van der Waals surface area contributed by atoms with Gasteiger partial charge in [-0.05, 0) is 37.1 Å². The van der Waals surface area contributed by atoms with Gasteiger partial charge in [-0.15, -0.1) is 10.2 Å². The minimum Gasteiger partial charge on any atom is -0.373 e. The highest BCUT2D eigenvalue weighted by Gasteiger charge is 2.29. The van der Waals surface area contributed by atoms with Crippen LogP contribution in [-0.2, 0) is 11.3 Å². The van der Waals surface area contributed by atoms with Crippen LogP contribution in [0.15, 0.2) is 54.2 Å². The van der Waals surface area contributed by atoms with Gasteiger partial charge in [-0.2, -0.15) is 0 Å². The zero-order chi connectivity index (χ0) is 20.4. The van der Waals surface area contributed by atoms with E-state index in [2.05, 4.69) is 63.0 Å². The number of fused-ring (bicyclic) bond motifs is 1. The van der Waals surface area contributed by atoms with Gasteiger partial charge < -0.3 is 9.80 Å². The lowest BCUT2D eigenvalue weighted by molar-refractivity contribution is -0.127. The van der Waals surface area contributed by atoms with Gasteiger partial charge in [0.05, 0.1) is 5.69 Å². The molecule has 1 amide bonds. The van der Waals surface area contributed by atoms with E-state index in [0.29, 0.717) is 5.92 Å². The smallest absolute Gasteiger partial charge is 0.219 e. The summed E-state index contributed by atoms with van der Waals surface area (Å²) >= 11 is 0. The average Bonchev–Trinajstić information content (AvgIpc) is 3.35. The molecule has 3 heterocycles. The fraction of sp³-hybridized carbons (Fsp3) is 0.348. The SMILES string of the molecule is CC(=O)N1CCC(/C(=C/c2cccc3nnc(C)n23)N(C)Cc2ccccc2)C1. The van der Waals surface area contributed by atoms with Gasteiger partial charge >= 0.3 is 0 Å². The maximum Gasteiger partial charge on any atom is 0.219 e. The largest absolute Gasteiger partial charge is 0.373 e. The number of hydrogen-bond donors (Lipinski definition) is 0. The third-order valence-corrected chi connectivity index (χ3v) is 5.67. The lowest BCUT2D eigenvalue weighted by Gasteiger charge is -2.28. The molecule has 6 heteroatoms. The van der Waals surface area contributed by atoms with E-state index in [9.17, 15) is 4.79 Å². The van der Waals surface area contributed by atoms with Crippen LogP contribution in [0.1, 0.15) is 30.4 Å². The summed E-state index contributed by atoms with van der Waals surface area (Å²) in [6.07, 6.45) is 3.21. The molecule has 0 aliphatic carbocycles. The third-order valence-electron chi connectivity index (χ3n) is 5.67. The number of nitrogens with zero attached hydrogens (tertiary/aromatic N) is 5. The molecule has 1 aliphatic heterocycles. The number of carbonyl (C=O) groups excluding carboxylic acids is 1. The van der Waals surface area contributed by atoms with Crippen molar-refractivity contribution in [1.29, 1.82) is 0 Å². The first-order valence-corrected chi connectivity index (χ1v) is 10.1. The molecule has 0 N–H and O–H groups in total. The van der Waals surface area contributed by atoms with Crippen molar-refractivity contribution in [2.24, 2.45) is 5.92 Å². The number of carbonyl (C=O) groups is 1. The monoisotopic (exact) mass is 389 g/mol. The Labute approximate surface area is 171 Å². The quantitative estimate of drug-likeness (QED) is 0.671. The molecule has 0 saturated carbocycles. The average molecular weight is 390 g/mol. The molecular weight excluding hydrogens is 362 g/mol. The molecule has 6 nitrogen and oxygen atoms in total. The number of benzene rings is 1. The summed E-state index contributed by atoms with van der Waals surface area (Å²) in [5.41, 5.74) is 4.40. The van der Waals surface area contributed by atoms with Crippen LogP contribution in [0.4, 0.5) is 0 Å². The number of rotatable bonds is 5. The molecule has 0 bridgehead atoms. The first kappa shape index (κ1) is 19.2. The molecule has 3 aromatic rings. The Morgan fingerprint density at radius 2 is 1.97 bits per heavy atom. The topological polar surface area (TPSA) is 53.7 Å². The third kappa shape index (κ3) is 4.01. The van der Waals surface area contributed by atoms with Gasteiger partial charge in [0.1, 0.15) is 5.82 Å². The van der Waals surface area contributed by atoms with E-state index >= 15 is 0 Å². The number of pyridine rings is 1. The molecule has 0 radical (unpaired) electrons. The lowest BCUT2D eigenvalue weighted by atomic mass is 10.0. The van der Waals surface area contributed by atoms with Gasteiger partial charge in [0, 0.05) is 45.2 Å². The summed E-state index contributed by atoms with van der Waals surface area (Å²) in [5.74, 6) is 1.32. The zero-order valence-corrected chi connectivity index (χ0v) is 17.2. The summed E-state index contributed by atoms with van der Waals surface area (Å²) in [4.78, 5) is 16.1. The second kappa shape index (κ2) is 8.07. The van der Waals surface area contributed by atoms with E-state index in [1.807, 2.05) is 30.0 Å². The Morgan fingerprint density at radius 1 is 1.17 bits per heavy atom. The van der Waals surface area contributed by atoms with Gasteiger partial charge in [-0.25, -0.2) is 0 Å². The minimum absolute atomic E-state index is 0.148. The van der Waals surface area contributed by atoms with Crippen molar-refractivity contribution >= 4 is 17.6 Å². The van der Waals surface area contributed by atoms with Gasteiger partial charge in [-0.3, -0.25) is 9.20 Å². The summed E-state index contributed by atoms with van der Waals surface area (Å²) < 4.78 is 2.08. The van der Waals surface area contributed by atoms with Crippen LogP contribution in [0, 0.1) is 12.8 Å². The van der Waals surface area contributed by atoms with Crippen molar-refractivity contribution in [2.75, 3.05) is 20.1 Å². The van der Waals surface area contributed by atoms with Crippen molar-refractivity contribution in [3.63, 3.8) is 0 Å². The maximum absolute atomic E-state index is 11.9. The molecule has 1 aromatic carbocycles. The molecular formula is C23H27N5O. The van der Waals surface area contributed by atoms with E-state index in [4.69, 9.17) is 0 Å². The van der Waals surface area contributed by atoms with Gasteiger partial charge in [0.15, 0.2) is 5.65 Å². The Morgan fingerprint density at radius 3 is 2.69 bits per heavy atom. The molecule has 1 unspecified atom stereocenters. The highest BCUT2D eigenvalue weighted by Crippen LogP contribution is 2.29. The van der Waals surface area contributed by atoms with E-state index < -0.39 is 0 Å². The highest BCUT2D eigenvalue weighted by molar-refractivity contribution is 5.73. The summed E-state index contributed by atoms with van der Waals surface area (Å²) in [7, 11) is 2.13. The lowest BCUT2D eigenvalue weighted by Crippen LogP contribution is -2.29. The van der Waals surface area contributed by atoms with Crippen LogP contribution in [0.25, 0.3) is 11.7 Å². The van der Waals surface area contributed by atoms with Crippen LogP contribution in [0.5, 0.6) is 0 Å². The molecule has 1 fully saturated rings. The van der Waals surface area contributed by atoms with Crippen LogP contribution < -0.4 is 0 Å². The van der Waals surface area contributed by atoms with Crippen molar-refractivity contribution in [3.05, 3.63) is 71.3 Å². The van der Waals surface area contributed by atoms with Gasteiger partial charge in [0.2, 0.25) is 5.91 Å². The van der Waals surface area contributed by atoms with E-state index in [1.54, 1.807) is 6.92 Å². The van der Waals surface area contributed by atoms with Crippen molar-refractivity contribution in [2.45, 2.75) is 26.8 Å². The van der Waals surface area contributed by atoms with Gasteiger partial charge in [-0.1, -0.05) is 36.4 Å².